The number of thiazole rings is 1. The minimum absolute atomic E-state index is 0. The predicted molar refractivity (Wildman–Crippen MR) is 123 cm³/mol. The highest BCUT2D eigenvalue weighted by Crippen LogP contribution is 2.21. The second-order valence-electron chi connectivity index (χ2n) is 6.79. The average Bonchev–Trinajstić information content (AvgIpc) is 3.36. The van der Waals surface area contributed by atoms with E-state index < -0.39 is 0 Å². The second-order valence-corrected chi connectivity index (χ2v) is 7.66. The molecule has 1 saturated heterocycles. The predicted octanol–water partition coefficient (Wildman–Crippen LogP) is 4.04. The third-order valence-corrected chi connectivity index (χ3v) is 5.59. The third kappa shape index (κ3) is 5.01. The number of hydrogen-bond donors (Lipinski definition) is 1. The van der Waals surface area contributed by atoms with Gasteiger partial charge in [0.25, 0.3) is 0 Å². The number of aromatic nitrogens is 2. The fraction of sp³-hybridized carbons (Fsp3) is 0.400. The first kappa shape index (κ1) is 20.1. The molecule has 3 aromatic rings. The van der Waals surface area contributed by atoms with Crippen LogP contribution in [0.5, 0.6) is 0 Å². The van der Waals surface area contributed by atoms with Gasteiger partial charge in [-0.05, 0) is 31.2 Å². The van der Waals surface area contributed by atoms with Crippen molar-refractivity contribution in [3.8, 4) is 0 Å². The summed E-state index contributed by atoms with van der Waals surface area (Å²) in [6.45, 7) is 5.77. The van der Waals surface area contributed by atoms with Gasteiger partial charge in [0.05, 0.1) is 12.2 Å². The Morgan fingerprint density at radius 2 is 2.19 bits per heavy atom. The number of nitrogens with one attached hydrogen (secondary N) is 1. The van der Waals surface area contributed by atoms with Crippen molar-refractivity contribution in [1.82, 2.24) is 19.6 Å². The molecule has 1 unspecified atom stereocenters. The number of nitrogens with zero attached hydrogens (tertiary/aromatic N) is 4. The molecule has 0 spiro atoms. The summed E-state index contributed by atoms with van der Waals surface area (Å²) < 4.78 is 2.06. The Balaban J connectivity index is 0.00000210. The van der Waals surface area contributed by atoms with Crippen LogP contribution < -0.4 is 5.32 Å². The average molecular weight is 495 g/mol. The molecular weight excluding hydrogens is 469 g/mol. The number of hydrogen-bond acceptors (Lipinski definition) is 3. The maximum absolute atomic E-state index is 4.84. The van der Waals surface area contributed by atoms with Crippen molar-refractivity contribution >= 4 is 46.2 Å². The van der Waals surface area contributed by atoms with Crippen LogP contribution in [0, 0.1) is 5.92 Å². The van der Waals surface area contributed by atoms with E-state index in [2.05, 4.69) is 68.4 Å². The van der Waals surface area contributed by atoms with Gasteiger partial charge in [0, 0.05) is 37.4 Å². The fourth-order valence-corrected chi connectivity index (χ4v) is 4.29. The maximum atomic E-state index is 4.84. The van der Waals surface area contributed by atoms with Crippen LogP contribution in [0.15, 0.2) is 53.1 Å². The number of aliphatic imine (C=N–C) groups is 1. The Morgan fingerprint density at radius 3 is 2.96 bits per heavy atom. The van der Waals surface area contributed by atoms with E-state index in [-0.39, 0.29) is 24.0 Å². The summed E-state index contributed by atoms with van der Waals surface area (Å²) in [4.78, 5) is 12.9. The monoisotopic (exact) mass is 495 g/mol. The van der Waals surface area contributed by atoms with Gasteiger partial charge in [-0.25, -0.2) is 9.98 Å². The number of rotatable bonds is 5. The standard InChI is InChI=1S/C20H25N5S.HI/c1-2-21-19(22-13-18-15-25-10-11-26-20(25)23-18)24-9-8-17(14-24)12-16-6-4-3-5-7-16;/h3-7,10-11,15,17H,2,8-9,12-14H2,1H3,(H,21,22);1H. The van der Waals surface area contributed by atoms with Crippen molar-refractivity contribution in [1.29, 1.82) is 0 Å². The minimum atomic E-state index is 0. The van der Waals surface area contributed by atoms with E-state index in [0.29, 0.717) is 12.5 Å². The summed E-state index contributed by atoms with van der Waals surface area (Å²) in [5.41, 5.74) is 2.45. The van der Waals surface area contributed by atoms with Crippen LogP contribution in [0.3, 0.4) is 0 Å². The zero-order chi connectivity index (χ0) is 17.8. The lowest BCUT2D eigenvalue weighted by Gasteiger charge is -2.21. The summed E-state index contributed by atoms with van der Waals surface area (Å²) >= 11 is 1.66. The molecule has 2 aromatic heterocycles. The molecule has 144 valence electrons. The highest BCUT2D eigenvalue weighted by molar-refractivity contribution is 14.0. The van der Waals surface area contributed by atoms with Gasteiger partial charge in [0.15, 0.2) is 10.9 Å². The summed E-state index contributed by atoms with van der Waals surface area (Å²) in [5, 5.41) is 5.50. The van der Waals surface area contributed by atoms with Crippen molar-refractivity contribution in [3.63, 3.8) is 0 Å². The van der Waals surface area contributed by atoms with Crippen LogP contribution >= 0.6 is 35.3 Å². The second kappa shape index (κ2) is 9.54. The Morgan fingerprint density at radius 1 is 1.33 bits per heavy atom. The molecule has 4 rings (SSSR count). The SMILES string of the molecule is CCNC(=NCc1cn2ccsc2n1)N1CCC(Cc2ccccc2)C1.I. The first-order valence-corrected chi connectivity index (χ1v) is 10.2. The first-order valence-electron chi connectivity index (χ1n) is 9.30. The number of halogens is 1. The number of guanidine groups is 1. The molecule has 1 aromatic carbocycles. The lowest BCUT2D eigenvalue weighted by Crippen LogP contribution is -2.40. The van der Waals surface area contributed by atoms with Gasteiger partial charge in [-0.3, -0.25) is 4.40 Å². The molecule has 1 N–H and O–H groups in total. The molecule has 1 aliphatic rings. The van der Waals surface area contributed by atoms with Crippen molar-refractivity contribution < 1.29 is 0 Å². The zero-order valence-corrected chi connectivity index (χ0v) is 18.7. The number of imidazole rings is 1. The molecule has 5 nitrogen and oxygen atoms in total. The Kier molecular flexibility index (Phi) is 7.12. The normalized spacial score (nSPS) is 17.3. The quantitative estimate of drug-likeness (QED) is 0.330. The number of likely N-dealkylation sites (tertiary alicyclic amines) is 1. The van der Waals surface area contributed by atoms with Crippen molar-refractivity contribution in [2.75, 3.05) is 19.6 Å². The van der Waals surface area contributed by atoms with Gasteiger partial charge in [0.1, 0.15) is 0 Å². The third-order valence-electron chi connectivity index (χ3n) is 4.82. The van der Waals surface area contributed by atoms with Crippen LogP contribution in [0.1, 0.15) is 24.6 Å². The lowest BCUT2D eigenvalue weighted by atomic mass is 9.99. The molecular formula is C20H26IN5S. The van der Waals surface area contributed by atoms with Crippen LogP contribution in [-0.4, -0.2) is 39.9 Å². The molecule has 0 bridgehead atoms. The summed E-state index contributed by atoms with van der Waals surface area (Å²) in [7, 11) is 0. The number of benzene rings is 1. The summed E-state index contributed by atoms with van der Waals surface area (Å²) in [6, 6.07) is 10.8. The smallest absolute Gasteiger partial charge is 0.194 e. The van der Waals surface area contributed by atoms with E-state index >= 15 is 0 Å². The largest absolute Gasteiger partial charge is 0.357 e. The van der Waals surface area contributed by atoms with Crippen molar-refractivity contribution in [2.24, 2.45) is 10.9 Å². The van der Waals surface area contributed by atoms with Crippen LogP contribution in [-0.2, 0) is 13.0 Å². The van der Waals surface area contributed by atoms with Gasteiger partial charge < -0.3 is 10.2 Å². The maximum Gasteiger partial charge on any atom is 0.194 e. The van der Waals surface area contributed by atoms with Gasteiger partial charge in [-0.15, -0.1) is 35.3 Å². The molecule has 0 amide bonds. The molecule has 0 radical (unpaired) electrons. The zero-order valence-electron chi connectivity index (χ0n) is 15.5. The molecule has 1 atom stereocenters. The highest BCUT2D eigenvalue weighted by Gasteiger charge is 2.25. The van der Waals surface area contributed by atoms with E-state index in [1.165, 1.54) is 12.0 Å². The Bertz CT molecular complexity index is 844. The lowest BCUT2D eigenvalue weighted by molar-refractivity contribution is 0.460. The van der Waals surface area contributed by atoms with E-state index in [4.69, 9.17) is 4.99 Å². The van der Waals surface area contributed by atoms with E-state index in [1.54, 1.807) is 11.3 Å². The molecule has 3 heterocycles. The fourth-order valence-electron chi connectivity index (χ4n) is 3.57. The van der Waals surface area contributed by atoms with E-state index in [9.17, 15) is 0 Å². The van der Waals surface area contributed by atoms with E-state index in [1.807, 2.05) is 6.20 Å². The van der Waals surface area contributed by atoms with Gasteiger partial charge in [-0.2, -0.15) is 0 Å². The van der Waals surface area contributed by atoms with Crippen molar-refractivity contribution in [3.05, 3.63) is 59.4 Å². The first-order chi connectivity index (χ1) is 12.8. The highest BCUT2D eigenvalue weighted by atomic mass is 127. The topological polar surface area (TPSA) is 44.9 Å². The Hall–Kier alpha value is -1.61. The Labute approximate surface area is 181 Å². The molecule has 1 aliphatic heterocycles. The number of fused-ring (bicyclic) bond motifs is 1. The molecule has 0 saturated carbocycles. The molecule has 7 heteroatoms. The van der Waals surface area contributed by atoms with Gasteiger partial charge in [-0.1, -0.05) is 30.3 Å². The summed E-state index contributed by atoms with van der Waals surface area (Å²) in [6.07, 6.45) is 6.48. The van der Waals surface area contributed by atoms with Crippen LogP contribution in [0.25, 0.3) is 4.96 Å². The summed E-state index contributed by atoms with van der Waals surface area (Å²) in [5.74, 6) is 1.71. The van der Waals surface area contributed by atoms with Crippen LogP contribution in [0.4, 0.5) is 0 Å². The van der Waals surface area contributed by atoms with E-state index in [0.717, 1.165) is 42.7 Å². The molecule has 1 fully saturated rings. The minimum Gasteiger partial charge on any atom is -0.357 e. The van der Waals surface area contributed by atoms with Gasteiger partial charge in [0.2, 0.25) is 0 Å². The van der Waals surface area contributed by atoms with Gasteiger partial charge >= 0.3 is 0 Å². The molecule has 0 aliphatic carbocycles. The van der Waals surface area contributed by atoms with Crippen molar-refractivity contribution in [2.45, 2.75) is 26.3 Å². The molecule has 27 heavy (non-hydrogen) atoms. The van der Waals surface area contributed by atoms with Crippen LogP contribution in [0.2, 0.25) is 0 Å².